The van der Waals surface area contributed by atoms with Gasteiger partial charge in [0.15, 0.2) is 0 Å². The van der Waals surface area contributed by atoms with Gasteiger partial charge in [-0.2, -0.15) is 0 Å². The Kier molecular flexibility index (Phi) is 7.70. The van der Waals surface area contributed by atoms with Gasteiger partial charge in [-0.3, -0.25) is 0 Å². The Hall–Kier alpha value is -8.20. The highest BCUT2D eigenvalue weighted by Gasteiger charge is 2.50. The number of fused-ring (bicyclic) bond motifs is 15. The summed E-state index contributed by atoms with van der Waals surface area (Å²) in [5, 5.41) is 2.49. The van der Waals surface area contributed by atoms with Gasteiger partial charge in [0.05, 0.1) is 27.8 Å². The molecule has 1 aromatic heterocycles. The van der Waals surface area contributed by atoms with Gasteiger partial charge in [-0.25, -0.2) is 0 Å². The minimum absolute atomic E-state index is 0.152. The zero-order valence-electron chi connectivity index (χ0n) is 36.8. The van der Waals surface area contributed by atoms with Crippen molar-refractivity contribution < 1.29 is 0 Å². The number of hydrogen-bond acceptors (Lipinski definition) is 1. The zero-order valence-corrected chi connectivity index (χ0v) is 36.8. The molecule has 1 aliphatic heterocycles. The van der Waals surface area contributed by atoms with E-state index < -0.39 is 5.41 Å². The van der Waals surface area contributed by atoms with E-state index in [1.807, 2.05) is 0 Å². The number of aromatic nitrogens is 1. The molecule has 0 amide bonds. The summed E-state index contributed by atoms with van der Waals surface area (Å²) in [4.78, 5) is 2.51. The van der Waals surface area contributed by atoms with Gasteiger partial charge in [0.2, 0.25) is 0 Å². The third-order valence-corrected chi connectivity index (χ3v) is 15.2. The van der Waals surface area contributed by atoms with Crippen LogP contribution in [0.5, 0.6) is 0 Å². The topological polar surface area (TPSA) is 8.17 Å². The fourth-order valence-corrected chi connectivity index (χ4v) is 12.4. The van der Waals surface area contributed by atoms with Crippen LogP contribution < -0.4 is 4.90 Å². The molecule has 0 saturated heterocycles. The molecule has 0 fully saturated rings. The summed E-state index contributed by atoms with van der Waals surface area (Å²) in [5.41, 5.74) is 24.6. The molecule has 2 heterocycles. The molecule has 2 nitrogen and oxygen atoms in total. The Balaban J connectivity index is 1.03. The fraction of sp³-hybridized carbons (Fsp3) is 0.0625. The van der Waals surface area contributed by atoms with E-state index >= 15 is 0 Å². The van der Waals surface area contributed by atoms with Gasteiger partial charge >= 0.3 is 0 Å². The van der Waals surface area contributed by atoms with Crippen molar-refractivity contribution in [1.29, 1.82) is 0 Å². The smallest absolute Gasteiger partial charge is 0.0754 e. The number of rotatable bonds is 5. The number of para-hydroxylation sites is 3. The van der Waals surface area contributed by atoms with Crippen molar-refractivity contribution in [1.82, 2.24) is 4.57 Å². The first-order valence-corrected chi connectivity index (χ1v) is 23.2. The van der Waals surface area contributed by atoms with E-state index in [0.717, 1.165) is 17.1 Å². The molecular weight excluding hydrogens is 797 g/mol. The normalized spacial score (nSPS) is 14.2. The maximum Gasteiger partial charge on any atom is 0.0754 e. The minimum atomic E-state index is -0.454. The Morgan fingerprint density at radius 3 is 1.67 bits per heavy atom. The Morgan fingerprint density at radius 2 is 0.894 bits per heavy atom. The summed E-state index contributed by atoms with van der Waals surface area (Å²) >= 11 is 0. The van der Waals surface area contributed by atoms with E-state index in [9.17, 15) is 0 Å². The predicted octanol–water partition coefficient (Wildman–Crippen LogP) is 16.6. The lowest BCUT2D eigenvalue weighted by Crippen LogP contribution is -2.33. The predicted molar refractivity (Wildman–Crippen MR) is 275 cm³/mol. The van der Waals surface area contributed by atoms with E-state index in [1.165, 1.54) is 105 Å². The van der Waals surface area contributed by atoms with Crippen LogP contribution in [0.15, 0.2) is 231 Å². The van der Waals surface area contributed by atoms with Gasteiger partial charge in [0.1, 0.15) is 0 Å². The molecule has 3 aliphatic rings. The molecule has 0 bridgehead atoms. The summed E-state index contributed by atoms with van der Waals surface area (Å²) in [6.45, 7) is 4.75. The van der Waals surface area contributed by atoms with Crippen molar-refractivity contribution >= 4 is 38.9 Å². The summed E-state index contributed by atoms with van der Waals surface area (Å²) < 4.78 is 2.55. The average molecular weight is 841 g/mol. The number of benzene rings is 10. The molecular formula is C64H44N2. The highest BCUT2D eigenvalue weighted by molar-refractivity contribution is 6.14. The van der Waals surface area contributed by atoms with E-state index in [1.54, 1.807) is 0 Å². The quantitative estimate of drug-likeness (QED) is 0.168. The molecule has 0 radical (unpaired) electrons. The first kappa shape index (κ1) is 37.2. The van der Waals surface area contributed by atoms with Crippen LogP contribution >= 0.6 is 0 Å². The molecule has 11 aromatic rings. The maximum absolute atomic E-state index is 2.55. The van der Waals surface area contributed by atoms with Crippen LogP contribution in [0.3, 0.4) is 0 Å². The first-order valence-electron chi connectivity index (χ1n) is 23.2. The van der Waals surface area contributed by atoms with Crippen molar-refractivity contribution in [3.05, 3.63) is 264 Å². The van der Waals surface area contributed by atoms with Crippen molar-refractivity contribution in [2.45, 2.75) is 24.7 Å². The fourth-order valence-electron chi connectivity index (χ4n) is 12.4. The average Bonchev–Trinajstić information content (AvgIpc) is 3.95. The molecule has 10 aromatic carbocycles. The van der Waals surface area contributed by atoms with E-state index in [2.05, 4.69) is 254 Å². The Morgan fingerprint density at radius 1 is 0.348 bits per heavy atom. The van der Waals surface area contributed by atoms with Crippen LogP contribution in [-0.2, 0) is 10.8 Å². The highest BCUT2D eigenvalue weighted by atomic mass is 15.1. The number of hydrogen-bond donors (Lipinski definition) is 0. The molecule has 0 atom stereocenters. The van der Waals surface area contributed by atoms with Gasteiger partial charge in [0.25, 0.3) is 0 Å². The van der Waals surface area contributed by atoms with Crippen molar-refractivity contribution in [3.8, 4) is 50.2 Å². The third-order valence-electron chi connectivity index (χ3n) is 15.2. The van der Waals surface area contributed by atoms with Gasteiger partial charge in [-0.1, -0.05) is 196 Å². The molecule has 310 valence electrons. The van der Waals surface area contributed by atoms with E-state index in [0.29, 0.717) is 0 Å². The summed E-state index contributed by atoms with van der Waals surface area (Å²) in [6, 6.07) is 86.3. The second-order valence-corrected chi connectivity index (χ2v) is 18.8. The zero-order chi connectivity index (χ0) is 43.7. The van der Waals surface area contributed by atoms with Crippen molar-refractivity contribution in [2.24, 2.45) is 0 Å². The summed E-state index contributed by atoms with van der Waals surface area (Å²) in [5.74, 6) is 0. The largest absolute Gasteiger partial charge is 0.310 e. The molecule has 0 unspecified atom stereocenters. The lowest BCUT2D eigenvalue weighted by Gasteiger charge is -2.39. The second kappa shape index (κ2) is 13.7. The Bertz CT molecular complexity index is 3760. The van der Waals surface area contributed by atoms with E-state index in [-0.39, 0.29) is 5.41 Å². The van der Waals surface area contributed by atoms with Crippen LogP contribution in [-0.4, -0.2) is 4.57 Å². The van der Waals surface area contributed by atoms with Crippen LogP contribution in [0.2, 0.25) is 0 Å². The van der Waals surface area contributed by atoms with Gasteiger partial charge < -0.3 is 9.47 Å². The van der Waals surface area contributed by atoms with Gasteiger partial charge in [-0.05, 0) is 121 Å². The highest BCUT2D eigenvalue weighted by Crippen LogP contribution is 2.61. The summed E-state index contributed by atoms with van der Waals surface area (Å²) in [7, 11) is 0. The monoisotopic (exact) mass is 840 g/mol. The Labute approximate surface area is 385 Å². The molecule has 2 aliphatic carbocycles. The molecule has 14 rings (SSSR count). The van der Waals surface area contributed by atoms with Gasteiger partial charge in [-0.15, -0.1) is 0 Å². The first-order chi connectivity index (χ1) is 32.5. The minimum Gasteiger partial charge on any atom is -0.310 e. The molecule has 0 saturated carbocycles. The van der Waals surface area contributed by atoms with Crippen molar-refractivity contribution in [2.75, 3.05) is 4.90 Å². The molecule has 1 spiro atoms. The van der Waals surface area contributed by atoms with E-state index in [4.69, 9.17) is 0 Å². The molecule has 2 heteroatoms. The molecule has 0 N–H and O–H groups in total. The third kappa shape index (κ3) is 4.91. The lowest BCUT2D eigenvalue weighted by molar-refractivity contribution is 0.660. The van der Waals surface area contributed by atoms with Crippen molar-refractivity contribution in [3.63, 3.8) is 0 Å². The van der Waals surface area contributed by atoms with Crippen LogP contribution in [0.4, 0.5) is 17.1 Å². The van der Waals surface area contributed by atoms with Crippen LogP contribution in [0, 0.1) is 0 Å². The second-order valence-electron chi connectivity index (χ2n) is 18.8. The SMILES string of the molecule is CC1(C)c2ccccc2-c2ccc(N(c3ccc4c(c3)c3cccc5c3n4-c3ccccc3C53c4ccccc4-c4ccccc43)c3ccccc3-c3cccc(-c4ccccc4)c3)cc21. The summed E-state index contributed by atoms with van der Waals surface area (Å²) in [6.07, 6.45) is 0. The van der Waals surface area contributed by atoms with Crippen LogP contribution in [0.25, 0.3) is 72.0 Å². The number of nitrogens with zero attached hydrogens (tertiary/aromatic N) is 2. The number of anilines is 3. The lowest BCUT2D eigenvalue weighted by atomic mass is 9.65. The van der Waals surface area contributed by atoms with Crippen LogP contribution in [0.1, 0.15) is 47.2 Å². The maximum atomic E-state index is 2.55. The molecule has 66 heavy (non-hydrogen) atoms. The standard InChI is InChI=1S/C64H44N2/c1-63(2)53-27-10-6-23-47(53)50-36-34-45(40-58(50)63)65(59-32-14-9-22-46(59)43-21-16-20-42(38-43)41-18-4-3-5-19-41)44-35-37-60-52(39-44)51-26-17-31-57-62(51)66(60)61-33-15-13-30-56(61)64(57)54-28-11-7-24-48(54)49-25-8-12-29-55(49)64/h3-40H,1-2H3. The van der Waals surface area contributed by atoms with Gasteiger partial charge in [0, 0.05) is 33.1 Å².